The monoisotopic (exact) mass is 410 g/mol. The van der Waals surface area contributed by atoms with Gasteiger partial charge in [0.1, 0.15) is 28.8 Å². The van der Waals surface area contributed by atoms with Crippen molar-refractivity contribution in [1.29, 1.82) is 5.26 Å². The van der Waals surface area contributed by atoms with E-state index in [-0.39, 0.29) is 22.7 Å². The second-order valence-electron chi connectivity index (χ2n) is 6.29. The predicted molar refractivity (Wildman–Crippen MR) is 101 cm³/mol. The quantitative estimate of drug-likeness (QED) is 0.517. The number of aromatic nitrogens is 4. The SMILES string of the molecule is Cc1cc(C(F)(F)F)nc2c(C#N)c(Nc3ccc(Oc4ccncc4)cc3)nn12. The van der Waals surface area contributed by atoms with Gasteiger partial charge in [0, 0.05) is 23.8 Å². The first-order chi connectivity index (χ1) is 14.3. The standard InChI is InChI=1S/C20H13F3N6O/c1-12-10-17(20(21,22)23)27-19-16(11-24)18(28-29(12)19)26-13-2-4-14(5-3-13)30-15-6-8-25-9-7-15/h2-10H,1H3,(H,26,28). The van der Waals surface area contributed by atoms with Gasteiger partial charge < -0.3 is 10.1 Å². The molecule has 0 unspecified atom stereocenters. The van der Waals surface area contributed by atoms with Crippen LogP contribution in [0, 0.1) is 18.3 Å². The Morgan fingerprint density at radius 2 is 1.73 bits per heavy atom. The first-order valence-corrected chi connectivity index (χ1v) is 8.68. The topological polar surface area (TPSA) is 88.1 Å². The van der Waals surface area contributed by atoms with Crippen LogP contribution in [0.1, 0.15) is 17.0 Å². The summed E-state index contributed by atoms with van der Waals surface area (Å²) < 4.78 is 46.1. The Balaban J connectivity index is 1.64. The van der Waals surface area contributed by atoms with Gasteiger partial charge in [0.05, 0.1) is 0 Å². The largest absolute Gasteiger partial charge is 0.457 e. The number of hydrogen-bond acceptors (Lipinski definition) is 6. The average Bonchev–Trinajstić information content (AvgIpc) is 3.07. The van der Waals surface area contributed by atoms with E-state index in [9.17, 15) is 18.4 Å². The van der Waals surface area contributed by atoms with Gasteiger partial charge in [-0.3, -0.25) is 4.98 Å². The van der Waals surface area contributed by atoms with Crippen molar-refractivity contribution in [2.24, 2.45) is 0 Å². The summed E-state index contributed by atoms with van der Waals surface area (Å²) >= 11 is 0. The average molecular weight is 410 g/mol. The van der Waals surface area contributed by atoms with Crippen molar-refractivity contribution in [3.8, 4) is 17.6 Å². The number of benzene rings is 1. The van der Waals surface area contributed by atoms with Gasteiger partial charge in [-0.2, -0.15) is 18.4 Å². The van der Waals surface area contributed by atoms with Gasteiger partial charge in [0.25, 0.3) is 0 Å². The van der Waals surface area contributed by atoms with Crippen molar-refractivity contribution in [2.75, 3.05) is 5.32 Å². The second-order valence-corrected chi connectivity index (χ2v) is 6.29. The zero-order chi connectivity index (χ0) is 21.3. The van der Waals surface area contributed by atoms with Gasteiger partial charge in [-0.25, -0.2) is 9.50 Å². The summed E-state index contributed by atoms with van der Waals surface area (Å²) in [4.78, 5) is 7.50. The summed E-state index contributed by atoms with van der Waals surface area (Å²) in [6, 6.07) is 13.0. The molecule has 3 heterocycles. The fourth-order valence-corrected chi connectivity index (χ4v) is 2.78. The molecule has 3 aromatic heterocycles. The highest BCUT2D eigenvalue weighted by atomic mass is 19.4. The third-order valence-electron chi connectivity index (χ3n) is 4.17. The van der Waals surface area contributed by atoms with Gasteiger partial charge in [0.2, 0.25) is 0 Å². The molecule has 10 heteroatoms. The number of rotatable bonds is 4. The lowest BCUT2D eigenvalue weighted by molar-refractivity contribution is -0.141. The van der Waals surface area contributed by atoms with Gasteiger partial charge in [0.15, 0.2) is 11.5 Å². The zero-order valence-corrected chi connectivity index (χ0v) is 15.5. The number of pyridine rings is 1. The summed E-state index contributed by atoms with van der Waals surface area (Å²) in [7, 11) is 0. The fraction of sp³-hybridized carbons (Fsp3) is 0.100. The molecule has 4 aromatic rings. The number of anilines is 2. The van der Waals surface area contributed by atoms with Crippen LogP contribution in [0.25, 0.3) is 5.65 Å². The molecular formula is C20H13F3N6O. The zero-order valence-electron chi connectivity index (χ0n) is 15.5. The molecule has 30 heavy (non-hydrogen) atoms. The lowest BCUT2D eigenvalue weighted by Crippen LogP contribution is -2.11. The third-order valence-corrected chi connectivity index (χ3v) is 4.17. The van der Waals surface area contributed by atoms with Crippen molar-refractivity contribution in [3.05, 3.63) is 71.8 Å². The Kier molecular flexibility index (Phi) is 4.71. The molecule has 0 atom stereocenters. The van der Waals surface area contributed by atoms with Crippen molar-refractivity contribution in [1.82, 2.24) is 19.6 Å². The van der Waals surface area contributed by atoms with E-state index in [0.29, 0.717) is 17.2 Å². The number of nitrogens with zero attached hydrogens (tertiary/aromatic N) is 5. The van der Waals surface area contributed by atoms with Crippen molar-refractivity contribution in [3.63, 3.8) is 0 Å². The number of nitriles is 1. The highest BCUT2D eigenvalue weighted by Crippen LogP contribution is 2.31. The molecule has 0 bridgehead atoms. The summed E-state index contributed by atoms with van der Waals surface area (Å²) in [6.07, 6.45) is -1.40. The molecule has 0 aliphatic rings. The van der Waals surface area contributed by atoms with Crippen LogP contribution in [0.5, 0.6) is 11.5 Å². The maximum atomic E-state index is 13.1. The summed E-state index contributed by atoms with van der Waals surface area (Å²) in [5.41, 5.74) is -0.539. The van der Waals surface area contributed by atoms with E-state index in [1.807, 2.05) is 6.07 Å². The Morgan fingerprint density at radius 1 is 1.07 bits per heavy atom. The van der Waals surface area contributed by atoms with E-state index in [0.717, 1.165) is 6.07 Å². The summed E-state index contributed by atoms with van der Waals surface area (Å²) in [5.74, 6) is 1.31. The minimum Gasteiger partial charge on any atom is -0.457 e. The fourth-order valence-electron chi connectivity index (χ4n) is 2.78. The normalized spacial score (nSPS) is 11.3. The highest BCUT2D eigenvalue weighted by molar-refractivity contribution is 5.72. The molecule has 150 valence electrons. The number of halogens is 3. The smallest absolute Gasteiger partial charge is 0.433 e. The highest BCUT2D eigenvalue weighted by Gasteiger charge is 2.34. The molecule has 0 spiro atoms. The van der Waals surface area contributed by atoms with Crippen LogP contribution in [-0.2, 0) is 6.18 Å². The molecule has 0 fully saturated rings. The molecule has 0 saturated carbocycles. The first kappa shape index (κ1) is 19.2. The summed E-state index contributed by atoms with van der Waals surface area (Å²) in [5, 5.41) is 16.6. The first-order valence-electron chi connectivity index (χ1n) is 8.68. The Labute approximate surface area is 168 Å². The van der Waals surface area contributed by atoms with Crippen LogP contribution in [0.15, 0.2) is 54.9 Å². The van der Waals surface area contributed by atoms with Crippen molar-refractivity contribution in [2.45, 2.75) is 13.1 Å². The molecular weight excluding hydrogens is 397 g/mol. The molecule has 0 amide bonds. The van der Waals surface area contributed by atoms with E-state index in [1.54, 1.807) is 48.8 Å². The maximum absolute atomic E-state index is 13.1. The van der Waals surface area contributed by atoms with E-state index in [2.05, 4.69) is 20.4 Å². The van der Waals surface area contributed by atoms with Crippen LogP contribution < -0.4 is 10.1 Å². The van der Waals surface area contributed by atoms with E-state index < -0.39 is 11.9 Å². The predicted octanol–water partition coefficient (Wildman–Crippen LogP) is 4.86. The molecule has 4 rings (SSSR count). The van der Waals surface area contributed by atoms with E-state index in [1.165, 1.54) is 11.4 Å². The summed E-state index contributed by atoms with van der Waals surface area (Å²) in [6.45, 7) is 1.47. The third kappa shape index (κ3) is 3.73. The molecule has 0 aliphatic carbocycles. The molecule has 0 saturated heterocycles. The number of aryl methyl sites for hydroxylation is 1. The number of ether oxygens (including phenoxy) is 1. The Hall–Kier alpha value is -4.13. The van der Waals surface area contributed by atoms with Crippen LogP contribution in [0.4, 0.5) is 24.7 Å². The molecule has 1 aromatic carbocycles. The Bertz CT molecular complexity index is 1240. The number of hydrogen-bond donors (Lipinski definition) is 1. The van der Waals surface area contributed by atoms with Gasteiger partial charge in [-0.1, -0.05) is 0 Å². The van der Waals surface area contributed by atoms with Gasteiger partial charge in [-0.05, 0) is 49.4 Å². The molecule has 0 radical (unpaired) electrons. The van der Waals surface area contributed by atoms with Gasteiger partial charge in [-0.15, -0.1) is 5.10 Å². The van der Waals surface area contributed by atoms with Crippen molar-refractivity contribution >= 4 is 17.2 Å². The maximum Gasteiger partial charge on any atom is 0.433 e. The van der Waals surface area contributed by atoms with Crippen LogP contribution in [-0.4, -0.2) is 19.6 Å². The number of alkyl halides is 3. The van der Waals surface area contributed by atoms with E-state index >= 15 is 0 Å². The van der Waals surface area contributed by atoms with Crippen molar-refractivity contribution < 1.29 is 17.9 Å². The molecule has 7 nitrogen and oxygen atoms in total. The van der Waals surface area contributed by atoms with E-state index in [4.69, 9.17) is 4.74 Å². The lowest BCUT2D eigenvalue weighted by atomic mass is 10.2. The molecule has 0 aliphatic heterocycles. The van der Waals surface area contributed by atoms with Crippen LogP contribution in [0.2, 0.25) is 0 Å². The minimum absolute atomic E-state index is 0.0821. The number of fused-ring (bicyclic) bond motifs is 1. The number of nitrogens with one attached hydrogen (secondary N) is 1. The Morgan fingerprint density at radius 3 is 2.37 bits per heavy atom. The van der Waals surface area contributed by atoms with Crippen LogP contribution in [0.3, 0.4) is 0 Å². The van der Waals surface area contributed by atoms with Gasteiger partial charge >= 0.3 is 6.18 Å². The second kappa shape index (κ2) is 7.36. The van der Waals surface area contributed by atoms with Crippen LogP contribution >= 0.6 is 0 Å². The lowest BCUT2D eigenvalue weighted by Gasteiger charge is -2.07. The minimum atomic E-state index is -4.62. The molecule has 1 N–H and O–H groups in total.